The monoisotopic (exact) mass is 327 g/mol. The minimum absolute atomic E-state index is 0.129. The Bertz CT molecular complexity index is 677. The molecule has 0 fully saturated rings. The van der Waals surface area contributed by atoms with Gasteiger partial charge in [0.05, 0.1) is 25.1 Å². The molecule has 5 nitrogen and oxygen atoms in total. The maximum atomic E-state index is 12.0. The zero-order chi connectivity index (χ0) is 17.5. The number of benzene rings is 1. The topological polar surface area (TPSA) is 62.7 Å². The SMILES string of the molecule is C=C(C)[C@H]1CC=C(C)/C(=N\NC(=O)CNc2ccccc2OC)C1. The van der Waals surface area contributed by atoms with E-state index in [0.717, 1.165) is 35.4 Å². The summed E-state index contributed by atoms with van der Waals surface area (Å²) < 4.78 is 5.24. The molecule has 0 bridgehead atoms. The molecule has 0 unspecified atom stereocenters. The van der Waals surface area contributed by atoms with Gasteiger partial charge in [-0.3, -0.25) is 4.79 Å². The molecule has 1 amide bonds. The fraction of sp³-hybridized carbons (Fsp3) is 0.368. The van der Waals surface area contributed by atoms with Gasteiger partial charge in [-0.25, -0.2) is 5.43 Å². The molecule has 0 spiro atoms. The van der Waals surface area contributed by atoms with E-state index in [9.17, 15) is 4.79 Å². The normalized spacial score (nSPS) is 18.7. The van der Waals surface area contributed by atoms with E-state index in [2.05, 4.69) is 28.5 Å². The van der Waals surface area contributed by atoms with Crippen LogP contribution in [0.15, 0.2) is 53.2 Å². The van der Waals surface area contributed by atoms with E-state index < -0.39 is 0 Å². The van der Waals surface area contributed by atoms with Crippen LogP contribution in [0.5, 0.6) is 5.75 Å². The molecule has 0 saturated heterocycles. The number of carbonyl (C=O) groups is 1. The fourth-order valence-electron chi connectivity index (χ4n) is 2.56. The number of rotatable bonds is 6. The van der Waals surface area contributed by atoms with Crippen LogP contribution in [0.2, 0.25) is 0 Å². The van der Waals surface area contributed by atoms with E-state index in [0.29, 0.717) is 11.7 Å². The molecule has 1 aliphatic carbocycles. The predicted molar refractivity (Wildman–Crippen MR) is 98.4 cm³/mol. The van der Waals surface area contributed by atoms with Crippen LogP contribution in [0.4, 0.5) is 5.69 Å². The zero-order valence-corrected chi connectivity index (χ0v) is 14.6. The van der Waals surface area contributed by atoms with Crippen molar-refractivity contribution in [2.24, 2.45) is 11.0 Å². The minimum Gasteiger partial charge on any atom is -0.495 e. The lowest BCUT2D eigenvalue weighted by molar-refractivity contribution is -0.119. The van der Waals surface area contributed by atoms with Gasteiger partial charge in [-0.1, -0.05) is 30.4 Å². The Balaban J connectivity index is 1.91. The number of para-hydroxylation sites is 2. The number of nitrogens with one attached hydrogen (secondary N) is 2. The highest BCUT2D eigenvalue weighted by atomic mass is 16.5. The Hall–Kier alpha value is -2.56. The average molecular weight is 327 g/mol. The van der Waals surface area contributed by atoms with Crippen molar-refractivity contribution >= 4 is 17.3 Å². The molecule has 0 heterocycles. The van der Waals surface area contributed by atoms with Crippen molar-refractivity contribution in [3.63, 3.8) is 0 Å². The lowest BCUT2D eigenvalue weighted by atomic mass is 9.85. The molecule has 1 aromatic rings. The van der Waals surface area contributed by atoms with Crippen LogP contribution in [0.25, 0.3) is 0 Å². The number of hydrogen-bond acceptors (Lipinski definition) is 4. The van der Waals surface area contributed by atoms with Crippen LogP contribution in [0, 0.1) is 5.92 Å². The number of carbonyl (C=O) groups excluding carboxylic acids is 1. The molecule has 128 valence electrons. The van der Waals surface area contributed by atoms with E-state index in [1.165, 1.54) is 0 Å². The first-order chi connectivity index (χ1) is 11.5. The number of hydrazone groups is 1. The number of methoxy groups -OCH3 is 1. The number of hydrogen-bond donors (Lipinski definition) is 2. The van der Waals surface area contributed by atoms with Crippen molar-refractivity contribution in [2.75, 3.05) is 19.0 Å². The third-order valence-electron chi connectivity index (χ3n) is 4.16. The third-order valence-corrected chi connectivity index (χ3v) is 4.16. The quantitative estimate of drug-likeness (QED) is 0.621. The van der Waals surface area contributed by atoms with Gasteiger partial charge in [-0.2, -0.15) is 5.10 Å². The number of amides is 1. The molecule has 1 atom stereocenters. The molecule has 5 heteroatoms. The minimum atomic E-state index is -0.196. The van der Waals surface area contributed by atoms with Gasteiger partial charge in [0, 0.05) is 0 Å². The van der Waals surface area contributed by atoms with Gasteiger partial charge in [-0.15, -0.1) is 0 Å². The molecule has 1 aromatic carbocycles. The average Bonchev–Trinajstić information content (AvgIpc) is 2.59. The van der Waals surface area contributed by atoms with Gasteiger partial charge >= 0.3 is 0 Å². The molecule has 0 radical (unpaired) electrons. The van der Waals surface area contributed by atoms with Gasteiger partial charge in [0.15, 0.2) is 0 Å². The summed E-state index contributed by atoms with van der Waals surface area (Å²) in [5.74, 6) is 0.904. The molecule has 1 aliphatic rings. The summed E-state index contributed by atoms with van der Waals surface area (Å²) >= 11 is 0. The third kappa shape index (κ3) is 4.72. The Labute approximate surface area is 143 Å². The number of ether oxygens (including phenoxy) is 1. The highest BCUT2D eigenvalue weighted by Crippen LogP contribution is 2.26. The summed E-state index contributed by atoms with van der Waals surface area (Å²) in [7, 11) is 1.60. The van der Waals surface area contributed by atoms with Crippen molar-refractivity contribution in [1.82, 2.24) is 5.43 Å². The lowest BCUT2D eigenvalue weighted by Crippen LogP contribution is -2.28. The molecule has 0 aromatic heterocycles. The van der Waals surface area contributed by atoms with Gasteiger partial charge < -0.3 is 10.1 Å². The Morgan fingerprint density at radius 3 is 2.88 bits per heavy atom. The summed E-state index contributed by atoms with van der Waals surface area (Å²) in [4.78, 5) is 12.0. The second-order valence-electron chi connectivity index (χ2n) is 6.02. The summed E-state index contributed by atoms with van der Waals surface area (Å²) in [6.45, 7) is 8.20. The first-order valence-electron chi connectivity index (χ1n) is 8.06. The second kappa shape index (κ2) is 8.34. The zero-order valence-electron chi connectivity index (χ0n) is 14.6. The molecule has 2 N–H and O–H groups in total. The van der Waals surface area contributed by atoms with Crippen LogP contribution < -0.4 is 15.5 Å². The molecule has 24 heavy (non-hydrogen) atoms. The van der Waals surface area contributed by atoms with E-state index >= 15 is 0 Å². The van der Waals surface area contributed by atoms with E-state index in [-0.39, 0.29) is 12.5 Å². The van der Waals surface area contributed by atoms with Crippen LogP contribution in [-0.4, -0.2) is 25.3 Å². The Kier molecular flexibility index (Phi) is 6.18. The first-order valence-corrected chi connectivity index (χ1v) is 8.06. The maximum Gasteiger partial charge on any atom is 0.259 e. The van der Waals surface area contributed by atoms with Gasteiger partial charge in [0.1, 0.15) is 5.75 Å². The summed E-state index contributed by atoms with van der Waals surface area (Å²) in [6, 6.07) is 7.47. The second-order valence-corrected chi connectivity index (χ2v) is 6.02. The summed E-state index contributed by atoms with van der Waals surface area (Å²) in [5.41, 5.74) is 6.58. The predicted octanol–water partition coefficient (Wildman–Crippen LogP) is 3.51. The van der Waals surface area contributed by atoms with Gasteiger partial charge in [0.25, 0.3) is 5.91 Å². The Morgan fingerprint density at radius 2 is 2.17 bits per heavy atom. The van der Waals surface area contributed by atoms with Gasteiger partial charge in [-0.05, 0) is 50.3 Å². The van der Waals surface area contributed by atoms with Crippen molar-refractivity contribution in [2.45, 2.75) is 26.7 Å². The molecular weight excluding hydrogens is 302 g/mol. The first kappa shape index (κ1) is 17.8. The van der Waals surface area contributed by atoms with Crippen molar-refractivity contribution in [1.29, 1.82) is 0 Å². The standard InChI is InChI=1S/C19H25N3O2/c1-13(2)15-10-9-14(3)17(11-15)21-22-19(23)12-20-16-7-5-6-8-18(16)24-4/h5-9,15,20H,1,10-12H2,2-4H3,(H,22,23)/b21-17-/t15-/m0/s1. The molecular formula is C19H25N3O2. The highest BCUT2D eigenvalue weighted by Gasteiger charge is 2.18. The van der Waals surface area contributed by atoms with Crippen LogP contribution in [-0.2, 0) is 4.79 Å². The molecule has 2 rings (SSSR count). The molecule has 0 saturated carbocycles. The smallest absolute Gasteiger partial charge is 0.259 e. The number of allylic oxidation sites excluding steroid dienone is 3. The number of anilines is 1. The summed E-state index contributed by atoms with van der Waals surface area (Å²) in [5, 5.41) is 7.34. The highest BCUT2D eigenvalue weighted by molar-refractivity contribution is 6.01. The largest absolute Gasteiger partial charge is 0.495 e. The van der Waals surface area contributed by atoms with Crippen molar-refractivity contribution < 1.29 is 9.53 Å². The van der Waals surface area contributed by atoms with Gasteiger partial charge in [0.2, 0.25) is 0 Å². The van der Waals surface area contributed by atoms with Crippen LogP contribution in [0.1, 0.15) is 26.7 Å². The fourth-order valence-corrected chi connectivity index (χ4v) is 2.56. The molecule has 0 aliphatic heterocycles. The number of nitrogens with zero attached hydrogens (tertiary/aromatic N) is 1. The van der Waals surface area contributed by atoms with E-state index in [1.54, 1.807) is 7.11 Å². The van der Waals surface area contributed by atoms with Crippen LogP contribution in [0.3, 0.4) is 0 Å². The van der Waals surface area contributed by atoms with Crippen LogP contribution >= 0.6 is 0 Å². The van der Waals surface area contributed by atoms with E-state index in [1.807, 2.05) is 38.1 Å². The van der Waals surface area contributed by atoms with Crippen molar-refractivity contribution in [3.8, 4) is 5.75 Å². The lowest BCUT2D eigenvalue weighted by Gasteiger charge is -2.22. The van der Waals surface area contributed by atoms with Crippen molar-refractivity contribution in [3.05, 3.63) is 48.1 Å². The summed E-state index contributed by atoms with van der Waals surface area (Å²) in [6.07, 6.45) is 3.96. The maximum absolute atomic E-state index is 12.0. The Morgan fingerprint density at radius 1 is 1.42 bits per heavy atom. The van der Waals surface area contributed by atoms with E-state index in [4.69, 9.17) is 4.74 Å².